The molecule has 0 amide bonds. The molecule has 3 aromatic heterocycles. The number of nitrogens with one attached hydrogen (secondary N) is 1. The highest BCUT2D eigenvalue weighted by Gasteiger charge is 2.19. The Hall–Kier alpha value is -3.56. The molecule has 1 fully saturated rings. The van der Waals surface area contributed by atoms with Crippen molar-refractivity contribution in [3.05, 3.63) is 47.9 Å². The molecule has 1 saturated heterocycles. The molecule has 0 spiro atoms. The van der Waals surface area contributed by atoms with Crippen LogP contribution in [0.25, 0.3) is 22.3 Å². The van der Waals surface area contributed by atoms with Gasteiger partial charge in [-0.05, 0) is 25.2 Å². The molecule has 0 unspecified atom stereocenters. The third kappa shape index (κ3) is 4.20. The van der Waals surface area contributed by atoms with Gasteiger partial charge in [0.1, 0.15) is 11.4 Å². The number of ether oxygens (including phenoxy) is 1. The largest absolute Gasteiger partial charge is 0.494 e. The number of pyridine rings is 1. The average Bonchev–Trinajstić information content (AvgIpc) is 3.21. The van der Waals surface area contributed by atoms with Gasteiger partial charge in [-0.25, -0.2) is 15.0 Å². The summed E-state index contributed by atoms with van der Waals surface area (Å²) >= 11 is 6.45. The van der Waals surface area contributed by atoms with Gasteiger partial charge in [0.25, 0.3) is 0 Å². The summed E-state index contributed by atoms with van der Waals surface area (Å²) < 4.78 is 7.63. The average molecular weight is 479 g/mol. The fourth-order valence-electron chi connectivity index (χ4n) is 4.21. The Morgan fingerprint density at radius 1 is 1.06 bits per heavy atom. The van der Waals surface area contributed by atoms with Crippen LogP contribution in [-0.4, -0.2) is 64.8 Å². The van der Waals surface area contributed by atoms with Gasteiger partial charge in [0.05, 0.1) is 41.1 Å². The monoisotopic (exact) mass is 478 g/mol. The van der Waals surface area contributed by atoms with E-state index in [1.54, 1.807) is 19.5 Å². The second-order valence-electron chi connectivity index (χ2n) is 8.48. The Morgan fingerprint density at radius 3 is 2.62 bits per heavy atom. The van der Waals surface area contributed by atoms with Crippen molar-refractivity contribution in [1.82, 2.24) is 24.4 Å². The zero-order valence-electron chi connectivity index (χ0n) is 19.4. The predicted molar refractivity (Wildman–Crippen MR) is 137 cm³/mol. The lowest BCUT2D eigenvalue weighted by Gasteiger charge is -2.35. The van der Waals surface area contributed by atoms with E-state index in [9.17, 15) is 0 Å². The molecule has 5 rings (SSSR count). The van der Waals surface area contributed by atoms with Crippen LogP contribution in [0.2, 0.25) is 5.02 Å². The maximum atomic E-state index is 6.45. The highest BCUT2D eigenvalue weighted by atomic mass is 35.5. The van der Waals surface area contributed by atoms with E-state index in [0.29, 0.717) is 33.8 Å². The Kier molecular flexibility index (Phi) is 5.89. The minimum Gasteiger partial charge on any atom is -0.494 e. The van der Waals surface area contributed by atoms with Crippen LogP contribution < -0.4 is 20.7 Å². The number of rotatable bonds is 5. The van der Waals surface area contributed by atoms with Crippen molar-refractivity contribution in [2.24, 2.45) is 7.05 Å². The van der Waals surface area contributed by atoms with Crippen molar-refractivity contribution >= 4 is 45.6 Å². The van der Waals surface area contributed by atoms with E-state index >= 15 is 0 Å². The van der Waals surface area contributed by atoms with E-state index in [-0.39, 0.29) is 0 Å². The maximum absolute atomic E-state index is 6.45. The Bertz CT molecular complexity index is 1350. The van der Waals surface area contributed by atoms with E-state index in [0.717, 1.165) is 48.5 Å². The van der Waals surface area contributed by atoms with E-state index in [1.807, 2.05) is 42.1 Å². The number of nitrogen functional groups attached to an aromatic ring is 1. The summed E-state index contributed by atoms with van der Waals surface area (Å²) in [5.74, 6) is 1.05. The molecule has 0 saturated carbocycles. The first-order chi connectivity index (χ1) is 16.4. The van der Waals surface area contributed by atoms with E-state index in [2.05, 4.69) is 37.1 Å². The Balaban J connectivity index is 1.45. The van der Waals surface area contributed by atoms with Crippen molar-refractivity contribution < 1.29 is 4.74 Å². The van der Waals surface area contributed by atoms with Crippen LogP contribution in [0, 0.1) is 0 Å². The van der Waals surface area contributed by atoms with Gasteiger partial charge in [0.2, 0.25) is 5.95 Å². The van der Waals surface area contributed by atoms with Gasteiger partial charge >= 0.3 is 0 Å². The third-order valence-corrected chi connectivity index (χ3v) is 6.44. The molecule has 3 N–H and O–H groups in total. The zero-order valence-corrected chi connectivity index (χ0v) is 20.2. The topological polar surface area (TPSA) is 97.4 Å². The number of nitrogens with two attached hydrogens (primary N) is 1. The van der Waals surface area contributed by atoms with E-state index in [4.69, 9.17) is 22.1 Å². The molecule has 34 heavy (non-hydrogen) atoms. The molecular weight excluding hydrogens is 452 g/mol. The van der Waals surface area contributed by atoms with Crippen LogP contribution in [0.5, 0.6) is 5.75 Å². The van der Waals surface area contributed by atoms with Gasteiger partial charge in [-0.3, -0.25) is 0 Å². The first-order valence-electron chi connectivity index (χ1n) is 11.0. The number of aromatic nitrogens is 4. The molecule has 1 aliphatic heterocycles. The van der Waals surface area contributed by atoms with Crippen molar-refractivity contribution in [2.75, 3.05) is 56.3 Å². The van der Waals surface area contributed by atoms with Crippen LogP contribution in [0.15, 0.2) is 42.9 Å². The summed E-state index contributed by atoms with van der Waals surface area (Å²) in [7, 11) is 5.73. The Morgan fingerprint density at radius 2 is 1.85 bits per heavy atom. The molecule has 9 nitrogen and oxygen atoms in total. The molecule has 0 aliphatic carbocycles. The number of likely N-dealkylation sites (N-methyl/N-ethyl adjacent to an activating group) is 1. The fourth-order valence-corrected chi connectivity index (χ4v) is 4.41. The number of piperazine rings is 1. The second-order valence-corrected chi connectivity index (χ2v) is 8.89. The molecule has 1 aromatic carbocycles. The molecule has 1 aliphatic rings. The number of anilines is 4. The molecule has 0 atom stereocenters. The number of fused-ring (bicyclic) bond motifs is 1. The molecule has 4 aromatic rings. The summed E-state index contributed by atoms with van der Waals surface area (Å²) in [6.07, 6.45) is 5.32. The number of nitrogens with zero attached hydrogens (tertiary/aromatic N) is 6. The predicted octanol–water partition coefficient (Wildman–Crippen LogP) is 3.77. The normalized spacial score (nSPS) is 14.5. The van der Waals surface area contributed by atoms with Crippen LogP contribution in [0.4, 0.5) is 23.0 Å². The van der Waals surface area contributed by atoms with Crippen molar-refractivity contribution in [1.29, 1.82) is 0 Å². The first-order valence-corrected chi connectivity index (χ1v) is 11.4. The summed E-state index contributed by atoms with van der Waals surface area (Å²) in [6.45, 7) is 3.82. The highest BCUT2D eigenvalue weighted by molar-refractivity contribution is 6.33. The van der Waals surface area contributed by atoms with Crippen LogP contribution >= 0.6 is 11.6 Å². The number of hydrogen-bond donors (Lipinski definition) is 2. The van der Waals surface area contributed by atoms with E-state index < -0.39 is 0 Å². The van der Waals surface area contributed by atoms with Crippen molar-refractivity contribution in [2.45, 2.75) is 0 Å². The molecular formula is C24H27ClN8O. The lowest BCUT2D eigenvalue weighted by Crippen LogP contribution is -2.44. The smallest absolute Gasteiger partial charge is 0.227 e. The number of hydrogen-bond acceptors (Lipinski definition) is 8. The SMILES string of the molecule is COc1cc(N2CCN(C)CC2)c(N)cc1Nc1ncc(Cl)c(-c2cnc3c(ccn3C)c2)n1. The second kappa shape index (κ2) is 9.00. The minimum absolute atomic E-state index is 0.387. The quantitative estimate of drug-likeness (QED) is 0.418. The first kappa shape index (κ1) is 22.2. The minimum atomic E-state index is 0.387. The van der Waals surface area contributed by atoms with Gasteiger partial charge in [-0.2, -0.15) is 0 Å². The summed E-state index contributed by atoms with van der Waals surface area (Å²) in [5.41, 5.74) is 11.1. The lowest BCUT2D eigenvalue weighted by molar-refractivity contribution is 0.313. The number of halogens is 1. The van der Waals surface area contributed by atoms with E-state index in [1.165, 1.54) is 0 Å². The fraction of sp³-hybridized carbons (Fsp3) is 0.292. The van der Waals surface area contributed by atoms with Crippen molar-refractivity contribution in [3.63, 3.8) is 0 Å². The maximum Gasteiger partial charge on any atom is 0.227 e. The third-order valence-electron chi connectivity index (χ3n) is 6.16. The molecule has 4 heterocycles. The van der Waals surface area contributed by atoms with Crippen LogP contribution in [-0.2, 0) is 7.05 Å². The molecule has 0 radical (unpaired) electrons. The summed E-state index contributed by atoms with van der Waals surface area (Å²) in [4.78, 5) is 18.2. The standard InChI is InChI=1S/C24H27ClN8O/c1-31-6-8-33(9-7-31)20-12-21(34-3)19(11-18(20)26)29-24-28-14-17(25)22(30-24)16-10-15-4-5-32(2)23(15)27-13-16/h4-5,10-14H,6-9,26H2,1-3H3,(H,28,29,30). The van der Waals surface area contributed by atoms with Crippen LogP contribution in [0.1, 0.15) is 0 Å². The highest BCUT2D eigenvalue weighted by Crippen LogP contribution is 2.37. The van der Waals surface area contributed by atoms with Crippen molar-refractivity contribution in [3.8, 4) is 17.0 Å². The van der Waals surface area contributed by atoms with Gasteiger partial charge in [-0.1, -0.05) is 11.6 Å². The number of aryl methyl sites for hydroxylation is 1. The molecule has 176 valence electrons. The van der Waals surface area contributed by atoms with Crippen LogP contribution in [0.3, 0.4) is 0 Å². The van der Waals surface area contributed by atoms with Gasteiger partial charge in [-0.15, -0.1) is 0 Å². The summed E-state index contributed by atoms with van der Waals surface area (Å²) in [5, 5.41) is 4.70. The molecule has 10 heteroatoms. The van der Waals surface area contributed by atoms with Gasteiger partial charge < -0.3 is 30.2 Å². The number of benzene rings is 1. The molecule has 0 bridgehead atoms. The zero-order chi connectivity index (χ0) is 23.8. The lowest BCUT2D eigenvalue weighted by atomic mass is 10.1. The summed E-state index contributed by atoms with van der Waals surface area (Å²) in [6, 6.07) is 7.86. The van der Waals surface area contributed by atoms with Gasteiger partial charge in [0.15, 0.2) is 0 Å². The number of methoxy groups -OCH3 is 1. The van der Waals surface area contributed by atoms with Gasteiger partial charge in [0, 0.05) is 62.6 Å². The Labute approximate surface area is 203 Å².